The third kappa shape index (κ3) is 37.0. The molecule has 0 saturated carbocycles. The summed E-state index contributed by atoms with van der Waals surface area (Å²) in [7, 11) is 4.25. The summed E-state index contributed by atoms with van der Waals surface area (Å²) >= 11 is 0. The Morgan fingerprint density at radius 1 is 0.455 bits per heavy atom. The zero-order valence-electron chi connectivity index (χ0n) is 30.3. The molecule has 0 aliphatic heterocycles. The number of allylic oxidation sites excluding steroid dienone is 8. The van der Waals surface area contributed by atoms with Crippen LogP contribution in [0.2, 0.25) is 0 Å². The molecule has 3 heteroatoms. The predicted octanol–water partition coefficient (Wildman–Crippen LogP) is 12.6. The van der Waals surface area contributed by atoms with Gasteiger partial charge in [0.05, 0.1) is 12.7 Å². The third-order valence-corrected chi connectivity index (χ3v) is 8.06. The highest BCUT2D eigenvalue weighted by atomic mass is 16.5. The summed E-state index contributed by atoms with van der Waals surface area (Å²) in [6, 6.07) is 0. The van der Waals surface area contributed by atoms with E-state index in [0.29, 0.717) is 0 Å². The Hall–Kier alpha value is -1.16. The standard InChI is InChI=1S/C41H77NO2/c1-5-7-9-11-13-15-17-19-21-23-25-27-29-31-33-35-37-43-40-41(39-42(3)4)44-38-36-34-32-30-28-26-24-22-20-18-16-14-12-10-8-6-2/h13-16,19-22,41H,5-12,17-18,23-40H2,1-4H3/b15-13-,16-14-,21-19-,22-20-/t41-/m0/s1. The van der Waals surface area contributed by atoms with Crippen molar-refractivity contribution in [3.8, 4) is 0 Å². The highest BCUT2D eigenvalue weighted by Crippen LogP contribution is 2.11. The van der Waals surface area contributed by atoms with Crippen LogP contribution in [0.5, 0.6) is 0 Å². The molecule has 0 aromatic heterocycles. The van der Waals surface area contributed by atoms with Gasteiger partial charge in [-0.1, -0.05) is 140 Å². The van der Waals surface area contributed by atoms with Crippen LogP contribution < -0.4 is 0 Å². The monoisotopic (exact) mass is 616 g/mol. The summed E-state index contributed by atoms with van der Waals surface area (Å²) in [5.41, 5.74) is 0. The first-order chi connectivity index (χ1) is 21.7. The second kappa shape index (κ2) is 38.0. The number of rotatable bonds is 35. The molecule has 0 aromatic carbocycles. The summed E-state index contributed by atoms with van der Waals surface area (Å²) in [6.45, 7) is 7.92. The van der Waals surface area contributed by atoms with E-state index in [1.54, 1.807) is 0 Å². The Balaban J connectivity index is 3.58. The predicted molar refractivity (Wildman–Crippen MR) is 198 cm³/mol. The maximum atomic E-state index is 6.21. The van der Waals surface area contributed by atoms with E-state index in [1.165, 1.54) is 141 Å². The zero-order valence-corrected chi connectivity index (χ0v) is 30.3. The van der Waals surface area contributed by atoms with Gasteiger partial charge in [-0.25, -0.2) is 0 Å². The maximum absolute atomic E-state index is 6.21. The van der Waals surface area contributed by atoms with Crippen LogP contribution in [0.25, 0.3) is 0 Å². The minimum atomic E-state index is 0.188. The number of hydrogen-bond acceptors (Lipinski definition) is 3. The third-order valence-electron chi connectivity index (χ3n) is 8.06. The second-order valence-electron chi connectivity index (χ2n) is 13.0. The van der Waals surface area contributed by atoms with Crippen molar-refractivity contribution in [1.29, 1.82) is 0 Å². The van der Waals surface area contributed by atoms with Crippen LogP contribution in [0.3, 0.4) is 0 Å². The molecule has 0 aliphatic carbocycles. The van der Waals surface area contributed by atoms with Crippen molar-refractivity contribution in [3.63, 3.8) is 0 Å². The molecule has 0 unspecified atom stereocenters. The van der Waals surface area contributed by atoms with Crippen LogP contribution in [0, 0.1) is 0 Å². The van der Waals surface area contributed by atoms with E-state index < -0.39 is 0 Å². The molecule has 44 heavy (non-hydrogen) atoms. The first-order valence-corrected chi connectivity index (χ1v) is 19.1. The van der Waals surface area contributed by atoms with Gasteiger partial charge in [-0.05, 0) is 91.1 Å². The van der Waals surface area contributed by atoms with Gasteiger partial charge in [0.1, 0.15) is 0 Å². The molecule has 0 bridgehead atoms. The maximum Gasteiger partial charge on any atom is 0.0934 e. The number of unbranched alkanes of at least 4 members (excludes halogenated alkanes) is 18. The Morgan fingerprint density at radius 3 is 1.27 bits per heavy atom. The number of nitrogens with zero attached hydrogens (tertiary/aromatic N) is 1. The molecule has 0 aliphatic rings. The molecule has 0 fully saturated rings. The Kier molecular flexibility index (Phi) is 37.0. The molecule has 0 aromatic rings. The van der Waals surface area contributed by atoms with Gasteiger partial charge in [0.2, 0.25) is 0 Å². The smallest absolute Gasteiger partial charge is 0.0934 e. The van der Waals surface area contributed by atoms with E-state index in [1.807, 2.05) is 0 Å². The molecule has 0 rings (SSSR count). The summed E-state index contributed by atoms with van der Waals surface area (Å²) in [5.74, 6) is 0. The Bertz CT molecular complexity index is 651. The lowest BCUT2D eigenvalue weighted by atomic mass is 10.1. The number of ether oxygens (including phenoxy) is 2. The average molecular weight is 616 g/mol. The van der Waals surface area contributed by atoms with E-state index in [2.05, 4.69) is 81.5 Å². The number of likely N-dealkylation sites (N-methyl/N-ethyl adjacent to an activating group) is 1. The molecule has 0 heterocycles. The van der Waals surface area contributed by atoms with Crippen molar-refractivity contribution in [3.05, 3.63) is 48.6 Å². The summed E-state index contributed by atoms with van der Waals surface area (Å²) in [6.07, 6.45) is 49.7. The van der Waals surface area contributed by atoms with E-state index in [4.69, 9.17) is 9.47 Å². The van der Waals surface area contributed by atoms with Crippen LogP contribution in [0.4, 0.5) is 0 Å². The topological polar surface area (TPSA) is 21.7 Å². The molecule has 0 spiro atoms. The average Bonchev–Trinajstić information content (AvgIpc) is 3.01. The van der Waals surface area contributed by atoms with E-state index in [0.717, 1.165) is 39.2 Å². The van der Waals surface area contributed by atoms with Gasteiger partial charge in [-0.15, -0.1) is 0 Å². The quantitative estimate of drug-likeness (QED) is 0.0523. The van der Waals surface area contributed by atoms with Crippen LogP contribution in [-0.4, -0.2) is 51.5 Å². The lowest BCUT2D eigenvalue weighted by Crippen LogP contribution is -2.32. The van der Waals surface area contributed by atoms with Crippen molar-refractivity contribution >= 4 is 0 Å². The Morgan fingerprint density at radius 2 is 0.841 bits per heavy atom. The molecule has 0 N–H and O–H groups in total. The van der Waals surface area contributed by atoms with Crippen molar-refractivity contribution in [2.45, 2.75) is 174 Å². The molecule has 0 radical (unpaired) electrons. The van der Waals surface area contributed by atoms with Gasteiger partial charge in [-0.3, -0.25) is 0 Å². The molecule has 0 saturated heterocycles. The van der Waals surface area contributed by atoms with Crippen LogP contribution in [0.1, 0.15) is 168 Å². The lowest BCUT2D eigenvalue weighted by Gasteiger charge is -2.21. The number of hydrogen-bond donors (Lipinski definition) is 0. The Labute approximate surface area is 277 Å². The van der Waals surface area contributed by atoms with Crippen molar-refractivity contribution in [1.82, 2.24) is 4.90 Å². The summed E-state index contributed by atoms with van der Waals surface area (Å²) in [4.78, 5) is 2.22. The minimum absolute atomic E-state index is 0.188. The van der Waals surface area contributed by atoms with Crippen LogP contribution >= 0.6 is 0 Å². The van der Waals surface area contributed by atoms with Gasteiger partial charge in [0.25, 0.3) is 0 Å². The summed E-state index contributed by atoms with van der Waals surface area (Å²) < 4.78 is 12.2. The van der Waals surface area contributed by atoms with Gasteiger partial charge >= 0.3 is 0 Å². The SMILES string of the molecule is CCCCC/C=C\C/C=C\CCCCCCCCOC[C@H](CN(C)C)OCCCCCCCC/C=C\C/C=C\CCCCC. The van der Waals surface area contributed by atoms with Gasteiger partial charge in [0.15, 0.2) is 0 Å². The first-order valence-electron chi connectivity index (χ1n) is 19.1. The molecule has 0 amide bonds. The molecule has 258 valence electrons. The van der Waals surface area contributed by atoms with Gasteiger partial charge in [0, 0.05) is 19.8 Å². The van der Waals surface area contributed by atoms with Crippen molar-refractivity contribution < 1.29 is 9.47 Å². The highest BCUT2D eigenvalue weighted by Gasteiger charge is 2.10. The highest BCUT2D eigenvalue weighted by molar-refractivity contribution is 4.93. The van der Waals surface area contributed by atoms with E-state index in [9.17, 15) is 0 Å². The van der Waals surface area contributed by atoms with Crippen LogP contribution in [0.15, 0.2) is 48.6 Å². The van der Waals surface area contributed by atoms with E-state index >= 15 is 0 Å². The second-order valence-corrected chi connectivity index (χ2v) is 13.0. The fraction of sp³-hybridized carbons (Fsp3) is 0.805. The summed E-state index contributed by atoms with van der Waals surface area (Å²) in [5, 5.41) is 0. The van der Waals surface area contributed by atoms with Crippen molar-refractivity contribution in [2.24, 2.45) is 0 Å². The van der Waals surface area contributed by atoms with Gasteiger partial charge < -0.3 is 14.4 Å². The fourth-order valence-electron chi connectivity index (χ4n) is 5.31. The van der Waals surface area contributed by atoms with E-state index in [-0.39, 0.29) is 6.10 Å². The first kappa shape index (κ1) is 42.8. The minimum Gasteiger partial charge on any atom is -0.379 e. The molecular formula is C41H77NO2. The normalized spacial score (nSPS) is 13.2. The van der Waals surface area contributed by atoms with Gasteiger partial charge in [-0.2, -0.15) is 0 Å². The van der Waals surface area contributed by atoms with Crippen LogP contribution in [-0.2, 0) is 9.47 Å². The lowest BCUT2D eigenvalue weighted by molar-refractivity contribution is -0.0287. The molecule has 1 atom stereocenters. The molecular weight excluding hydrogens is 538 g/mol. The largest absolute Gasteiger partial charge is 0.379 e. The molecule has 3 nitrogen and oxygen atoms in total. The zero-order chi connectivity index (χ0) is 32.0. The van der Waals surface area contributed by atoms with Crippen molar-refractivity contribution in [2.75, 3.05) is 40.5 Å². The fourth-order valence-corrected chi connectivity index (χ4v) is 5.31.